The van der Waals surface area contributed by atoms with Gasteiger partial charge in [-0.3, -0.25) is 0 Å². The van der Waals surface area contributed by atoms with Crippen molar-refractivity contribution in [3.63, 3.8) is 0 Å². The molecule has 1 aromatic rings. The van der Waals surface area contributed by atoms with Crippen molar-refractivity contribution < 1.29 is 9.13 Å². The normalized spacial score (nSPS) is 17.1. The van der Waals surface area contributed by atoms with Crippen LogP contribution in [0.3, 0.4) is 0 Å². The van der Waals surface area contributed by atoms with E-state index >= 15 is 0 Å². The predicted molar refractivity (Wildman–Crippen MR) is 67.3 cm³/mol. The van der Waals surface area contributed by atoms with Gasteiger partial charge in [-0.25, -0.2) is 4.39 Å². The van der Waals surface area contributed by atoms with Crippen LogP contribution in [0.2, 0.25) is 5.02 Å². The molecule has 0 spiro atoms. The highest BCUT2D eigenvalue weighted by molar-refractivity contribution is 6.30. The molecule has 0 atom stereocenters. The van der Waals surface area contributed by atoms with E-state index in [0.29, 0.717) is 23.7 Å². The Morgan fingerprint density at radius 3 is 2.76 bits per heavy atom. The lowest BCUT2D eigenvalue weighted by atomic mass is 9.90. The van der Waals surface area contributed by atoms with E-state index in [0.717, 1.165) is 25.9 Å². The Morgan fingerprint density at radius 2 is 2.12 bits per heavy atom. The fraction of sp³-hybridized carbons (Fsp3) is 0.538. The second kappa shape index (κ2) is 5.69. The molecule has 1 aromatic carbocycles. The molecule has 1 heterocycles. The minimum absolute atomic E-state index is 0.176. The van der Waals surface area contributed by atoms with E-state index in [1.54, 1.807) is 19.2 Å². The van der Waals surface area contributed by atoms with E-state index in [9.17, 15) is 4.39 Å². The van der Waals surface area contributed by atoms with Gasteiger partial charge in [-0.1, -0.05) is 11.6 Å². The zero-order valence-corrected chi connectivity index (χ0v) is 10.7. The second-order valence-electron chi connectivity index (χ2n) is 4.44. The molecule has 2 nitrogen and oxygen atoms in total. The summed E-state index contributed by atoms with van der Waals surface area (Å²) in [4.78, 5) is 0. The standard InChI is InChI=1S/C13H17ClFNO/c1-17-12-3-2-11(14)13(15)10(12)8-9-4-6-16-7-5-9/h2-3,9,16H,4-8H2,1H3. The van der Waals surface area contributed by atoms with Crippen LogP contribution >= 0.6 is 11.6 Å². The Morgan fingerprint density at radius 1 is 1.41 bits per heavy atom. The van der Waals surface area contributed by atoms with Crippen molar-refractivity contribution >= 4 is 11.6 Å². The Bertz CT molecular complexity index is 391. The number of hydrogen-bond acceptors (Lipinski definition) is 2. The van der Waals surface area contributed by atoms with Gasteiger partial charge in [0.25, 0.3) is 0 Å². The van der Waals surface area contributed by atoms with Gasteiger partial charge in [-0.05, 0) is 50.4 Å². The van der Waals surface area contributed by atoms with E-state index in [1.807, 2.05) is 0 Å². The first-order valence-corrected chi connectivity index (χ1v) is 6.31. The van der Waals surface area contributed by atoms with E-state index in [1.165, 1.54) is 0 Å². The molecule has 2 rings (SSSR count). The number of ether oxygens (including phenoxy) is 1. The molecule has 0 saturated carbocycles. The molecule has 4 heteroatoms. The summed E-state index contributed by atoms with van der Waals surface area (Å²) >= 11 is 5.82. The smallest absolute Gasteiger partial charge is 0.148 e. The number of methoxy groups -OCH3 is 1. The summed E-state index contributed by atoms with van der Waals surface area (Å²) in [5, 5.41) is 3.48. The number of halogens is 2. The lowest BCUT2D eigenvalue weighted by Gasteiger charge is -2.23. The lowest BCUT2D eigenvalue weighted by molar-refractivity contribution is 0.355. The Labute approximate surface area is 106 Å². The number of piperidine rings is 1. The van der Waals surface area contributed by atoms with Crippen molar-refractivity contribution in [3.05, 3.63) is 28.5 Å². The third-order valence-electron chi connectivity index (χ3n) is 3.32. The Hall–Kier alpha value is -0.800. The van der Waals surface area contributed by atoms with E-state index in [2.05, 4.69) is 5.32 Å². The third kappa shape index (κ3) is 2.90. The molecule has 1 aliphatic heterocycles. The van der Waals surface area contributed by atoms with Crippen molar-refractivity contribution in [3.8, 4) is 5.75 Å². The maximum Gasteiger partial charge on any atom is 0.148 e. The number of hydrogen-bond donors (Lipinski definition) is 1. The Balaban J connectivity index is 2.20. The largest absolute Gasteiger partial charge is 0.496 e. The van der Waals surface area contributed by atoms with Gasteiger partial charge >= 0.3 is 0 Å². The van der Waals surface area contributed by atoms with Gasteiger partial charge in [0.05, 0.1) is 12.1 Å². The summed E-state index contributed by atoms with van der Waals surface area (Å²) in [6.45, 7) is 2.02. The van der Waals surface area contributed by atoms with Crippen LogP contribution < -0.4 is 10.1 Å². The van der Waals surface area contributed by atoms with Gasteiger partial charge in [-0.15, -0.1) is 0 Å². The highest BCUT2D eigenvalue weighted by Crippen LogP contribution is 2.31. The number of benzene rings is 1. The summed E-state index contributed by atoms with van der Waals surface area (Å²) in [5.41, 5.74) is 0.618. The molecule has 0 aliphatic carbocycles. The zero-order chi connectivity index (χ0) is 12.3. The predicted octanol–water partition coefficient (Wildman–Crippen LogP) is 3.03. The molecule has 0 bridgehead atoms. The van der Waals surface area contributed by atoms with Gasteiger partial charge in [-0.2, -0.15) is 0 Å². The van der Waals surface area contributed by atoms with E-state index < -0.39 is 0 Å². The molecule has 0 unspecified atom stereocenters. The van der Waals surface area contributed by atoms with Gasteiger partial charge in [0.2, 0.25) is 0 Å². The molecule has 94 valence electrons. The summed E-state index contributed by atoms with van der Waals surface area (Å²) in [5.74, 6) is 0.785. The van der Waals surface area contributed by atoms with E-state index in [4.69, 9.17) is 16.3 Å². The van der Waals surface area contributed by atoms with Gasteiger partial charge < -0.3 is 10.1 Å². The zero-order valence-electron chi connectivity index (χ0n) is 9.93. The van der Waals surface area contributed by atoms with Gasteiger partial charge in [0.1, 0.15) is 11.6 Å². The minimum Gasteiger partial charge on any atom is -0.496 e. The van der Waals surface area contributed by atoms with Crippen LogP contribution in [-0.4, -0.2) is 20.2 Å². The fourth-order valence-corrected chi connectivity index (χ4v) is 2.51. The molecule has 17 heavy (non-hydrogen) atoms. The number of nitrogens with one attached hydrogen (secondary N) is 1. The molecule has 1 fully saturated rings. The van der Waals surface area contributed by atoms with Gasteiger partial charge in [0.15, 0.2) is 0 Å². The van der Waals surface area contributed by atoms with Gasteiger partial charge in [0, 0.05) is 5.56 Å². The summed E-state index contributed by atoms with van der Waals surface area (Å²) < 4.78 is 19.2. The molecule has 0 radical (unpaired) electrons. The van der Waals surface area contributed by atoms with Crippen molar-refractivity contribution in [1.29, 1.82) is 0 Å². The van der Waals surface area contributed by atoms with E-state index in [-0.39, 0.29) is 10.8 Å². The molecule has 1 N–H and O–H groups in total. The van der Waals surface area contributed by atoms with Crippen LogP contribution in [0, 0.1) is 11.7 Å². The first kappa shape index (κ1) is 12.7. The highest BCUT2D eigenvalue weighted by Gasteiger charge is 2.19. The Kier molecular flexibility index (Phi) is 4.24. The monoisotopic (exact) mass is 257 g/mol. The molecule has 0 amide bonds. The van der Waals surface area contributed by atoms with Crippen molar-refractivity contribution in [2.75, 3.05) is 20.2 Å². The van der Waals surface area contributed by atoms with Crippen LogP contribution in [-0.2, 0) is 6.42 Å². The maximum absolute atomic E-state index is 14.0. The summed E-state index contributed by atoms with van der Waals surface area (Å²) in [7, 11) is 1.56. The topological polar surface area (TPSA) is 21.3 Å². The van der Waals surface area contributed by atoms with Crippen LogP contribution in [0.25, 0.3) is 0 Å². The molecular weight excluding hydrogens is 241 g/mol. The van der Waals surface area contributed by atoms with Crippen LogP contribution in [0.5, 0.6) is 5.75 Å². The summed E-state index contributed by atoms with van der Waals surface area (Å²) in [6.07, 6.45) is 2.86. The van der Waals surface area contributed by atoms with Crippen LogP contribution in [0.15, 0.2) is 12.1 Å². The molecular formula is C13H17ClFNO. The first-order valence-electron chi connectivity index (χ1n) is 5.94. The highest BCUT2D eigenvalue weighted by atomic mass is 35.5. The lowest BCUT2D eigenvalue weighted by Crippen LogP contribution is -2.28. The average molecular weight is 258 g/mol. The van der Waals surface area contributed by atoms with Crippen LogP contribution in [0.4, 0.5) is 4.39 Å². The van der Waals surface area contributed by atoms with Crippen LogP contribution in [0.1, 0.15) is 18.4 Å². The maximum atomic E-state index is 14.0. The second-order valence-corrected chi connectivity index (χ2v) is 4.85. The minimum atomic E-state index is -0.329. The van der Waals surface area contributed by atoms with Crippen molar-refractivity contribution in [2.24, 2.45) is 5.92 Å². The fourth-order valence-electron chi connectivity index (χ4n) is 2.33. The molecule has 1 saturated heterocycles. The van der Waals surface area contributed by atoms with Crippen molar-refractivity contribution in [2.45, 2.75) is 19.3 Å². The third-order valence-corrected chi connectivity index (χ3v) is 3.62. The average Bonchev–Trinajstić information content (AvgIpc) is 2.37. The number of rotatable bonds is 3. The first-order chi connectivity index (χ1) is 8.22. The SMILES string of the molecule is COc1ccc(Cl)c(F)c1CC1CCNCC1. The van der Waals surface area contributed by atoms with Crippen molar-refractivity contribution in [1.82, 2.24) is 5.32 Å². The molecule has 1 aliphatic rings. The quantitative estimate of drug-likeness (QED) is 0.899. The summed E-state index contributed by atoms with van der Waals surface area (Å²) in [6, 6.07) is 3.28. The molecule has 0 aromatic heterocycles.